The Balaban J connectivity index is 1.38. The summed E-state index contributed by atoms with van der Waals surface area (Å²) in [6.45, 7) is 2.21. The number of carbonyl (C=O) groups excluding carboxylic acids is 2. The summed E-state index contributed by atoms with van der Waals surface area (Å²) in [5, 5.41) is 10.5. The van der Waals surface area contributed by atoms with Gasteiger partial charge in [-0.15, -0.1) is 0 Å². The van der Waals surface area contributed by atoms with E-state index in [4.69, 9.17) is 9.37 Å². The van der Waals surface area contributed by atoms with Crippen molar-refractivity contribution in [3.05, 3.63) is 59.7 Å². The maximum atomic E-state index is 12.9. The molecule has 2 amide bonds. The molecule has 2 heterocycles. The summed E-state index contributed by atoms with van der Waals surface area (Å²) in [4.78, 5) is 29.2. The maximum Gasteiger partial charge on any atom is 0.237 e. The molecule has 9 nitrogen and oxygen atoms in total. The molecule has 0 spiro atoms. The van der Waals surface area contributed by atoms with Gasteiger partial charge >= 0.3 is 0 Å². The number of methoxy groups -OCH3 is 1. The lowest BCUT2D eigenvalue weighted by atomic mass is 10.1. The van der Waals surface area contributed by atoms with E-state index in [-0.39, 0.29) is 18.2 Å². The fraction of sp³-hybridized carbons (Fsp3) is 0.333. The Bertz CT molecular complexity index is 1160. The molecule has 1 N–H and O–H groups in total. The van der Waals surface area contributed by atoms with Gasteiger partial charge in [0, 0.05) is 38.8 Å². The first-order valence-corrected chi connectivity index (χ1v) is 10.8. The summed E-state index contributed by atoms with van der Waals surface area (Å²) in [6.07, 6.45) is 4.09. The smallest absolute Gasteiger partial charge is 0.237 e. The van der Waals surface area contributed by atoms with Gasteiger partial charge in [-0.05, 0) is 34.1 Å². The maximum absolute atomic E-state index is 12.9. The van der Waals surface area contributed by atoms with Gasteiger partial charge in [-0.3, -0.25) is 14.5 Å². The molecule has 0 radical (unpaired) electrons. The van der Waals surface area contributed by atoms with Gasteiger partial charge in [-0.25, -0.2) is 4.63 Å². The number of hydrogen-bond donors (Lipinski definition) is 1. The van der Waals surface area contributed by atoms with Crippen molar-refractivity contribution in [2.45, 2.75) is 19.0 Å². The number of nitrogens with one attached hydrogen (secondary N) is 1. The predicted molar refractivity (Wildman–Crippen MR) is 123 cm³/mol. The average molecular weight is 450 g/mol. The molecular formula is C24H27N5O4. The topological polar surface area (TPSA) is 101 Å². The van der Waals surface area contributed by atoms with Crippen LogP contribution >= 0.6 is 0 Å². The molecule has 33 heavy (non-hydrogen) atoms. The molecule has 0 bridgehead atoms. The molecule has 1 aromatic heterocycles. The number of hydrogen-bond acceptors (Lipinski definition) is 7. The molecule has 1 aliphatic heterocycles. The second-order valence-corrected chi connectivity index (χ2v) is 7.99. The standard InChI is InChI=1S/C24H27N5O4/c1-28(16-17-9-10-19-20(14-17)27-33-26-19)23(30)15-21-24(31)25-11-13-29(21)12-5-7-18-6-3-4-8-22(18)32-2/h3-10,14,21H,11-13,15-16H2,1-2H3,(H,25,31)/b7-5+/t21-/m0/s1. The average Bonchev–Trinajstić information content (AvgIpc) is 3.29. The van der Waals surface area contributed by atoms with Crippen LogP contribution in [-0.2, 0) is 16.1 Å². The number of nitrogens with zero attached hydrogens (tertiary/aromatic N) is 4. The molecule has 0 unspecified atom stereocenters. The number of fused-ring (bicyclic) bond motifs is 1. The van der Waals surface area contributed by atoms with Gasteiger partial charge in [-0.2, -0.15) is 0 Å². The Morgan fingerprint density at radius 3 is 2.94 bits per heavy atom. The highest BCUT2D eigenvalue weighted by Gasteiger charge is 2.31. The first kappa shape index (κ1) is 22.5. The fourth-order valence-electron chi connectivity index (χ4n) is 3.93. The highest BCUT2D eigenvalue weighted by atomic mass is 16.6. The van der Waals surface area contributed by atoms with E-state index >= 15 is 0 Å². The first-order valence-electron chi connectivity index (χ1n) is 10.8. The molecule has 1 atom stereocenters. The van der Waals surface area contributed by atoms with Crippen molar-refractivity contribution in [2.75, 3.05) is 33.8 Å². The van der Waals surface area contributed by atoms with Crippen LogP contribution in [0.5, 0.6) is 5.75 Å². The Morgan fingerprint density at radius 2 is 2.09 bits per heavy atom. The number of carbonyl (C=O) groups is 2. The number of ether oxygens (including phenoxy) is 1. The summed E-state index contributed by atoms with van der Waals surface area (Å²) in [5.41, 5.74) is 3.20. The number of aromatic nitrogens is 2. The van der Waals surface area contributed by atoms with Gasteiger partial charge in [-0.1, -0.05) is 36.4 Å². The zero-order chi connectivity index (χ0) is 23.2. The largest absolute Gasteiger partial charge is 0.496 e. The van der Waals surface area contributed by atoms with E-state index in [0.717, 1.165) is 16.9 Å². The summed E-state index contributed by atoms with van der Waals surface area (Å²) in [7, 11) is 3.38. The number of para-hydroxylation sites is 1. The Morgan fingerprint density at radius 1 is 1.27 bits per heavy atom. The number of amides is 2. The molecule has 9 heteroatoms. The van der Waals surface area contributed by atoms with E-state index in [0.29, 0.717) is 37.2 Å². The zero-order valence-electron chi connectivity index (χ0n) is 18.7. The monoisotopic (exact) mass is 449 g/mol. The number of piperazine rings is 1. The zero-order valence-corrected chi connectivity index (χ0v) is 18.7. The van der Waals surface area contributed by atoms with Gasteiger partial charge < -0.3 is 15.0 Å². The minimum absolute atomic E-state index is 0.103. The van der Waals surface area contributed by atoms with Crippen LogP contribution in [0.1, 0.15) is 17.5 Å². The van der Waals surface area contributed by atoms with Crippen molar-refractivity contribution in [3.8, 4) is 5.75 Å². The SMILES string of the molecule is COc1ccccc1/C=C/CN1CCNC(=O)[C@@H]1CC(=O)N(C)Cc1ccc2nonc2c1. The van der Waals surface area contributed by atoms with Gasteiger partial charge in [0.25, 0.3) is 0 Å². The number of benzene rings is 2. The van der Waals surface area contributed by atoms with Crippen LogP contribution < -0.4 is 10.1 Å². The van der Waals surface area contributed by atoms with Crippen LogP contribution in [0.15, 0.2) is 53.2 Å². The minimum Gasteiger partial charge on any atom is -0.496 e. The van der Waals surface area contributed by atoms with Crippen molar-refractivity contribution in [2.24, 2.45) is 0 Å². The fourth-order valence-corrected chi connectivity index (χ4v) is 3.93. The highest BCUT2D eigenvalue weighted by molar-refractivity contribution is 5.89. The second-order valence-electron chi connectivity index (χ2n) is 7.99. The van der Waals surface area contributed by atoms with E-state index in [1.54, 1.807) is 19.1 Å². The van der Waals surface area contributed by atoms with Gasteiger partial charge in [0.05, 0.1) is 19.6 Å². The lowest BCUT2D eigenvalue weighted by molar-refractivity contribution is -0.138. The van der Waals surface area contributed by atoms with Crippen LogP contribution in [0.25, 0.3) is 17.1 Å². The van der Waals surface area contributed by atoms with Crippen molar-refractivity contribution >= 4 is 28.9 Å². The van der Waals surface area contributed by atoms with E-state index in [1.165, 1.54) is 0 Å². The molecule has 1 aliphatic rings. The number of rotatable bonds is 8. The minimum atomic E-state index is -0.516. The molecule has 172 valence electrons. The van der Waals surface area contributed by atoms with Gasteiger partial charge in [0.15, 0.2) is 0 Å². The van der Waals surface area contributed by atoms with Crippen molar-refractivity contribution in [1.29, 1.82) is 0 Å². The highest BCUT2D eigenvalue weighted by Crippen LogP contribution is 2.19. The summed E-state index contributed by atoms with van der Waals surface area (Å²) >= 11 is 0. The first-order chi connectivity index (χ1) is 16.0. The quantitative estimate of drug-likeness (QED) is 0.562. The molecule has 1 fully saturated rings. The molecular weight excluding hydrogens is 422 g/mol. The van der Waals surface area contributed by atoms with Crippen LogP contribution in [-0.4, -0.2) is 71.8 Å². The van der Waals surface area contributed by atoms with Gasteiger partial charge in [0.1, 0.15) is 16.8 Å². The van der Waals surface area contributed by atoms with E-state index in [9.17, 15) is 9.59 Å². The van der Waals surface area contributed by atoms with Crippen molar-refractivity contribution in [3.63, 3.8) is 0 Å². The van der Waals surface area contributed by atoms with Crippen molar-refractivity contribution in [1.82, 2.24) is 25.4 Å². The normalized spacial score (nSPS) is 16.8. The Hall–Kier alpha value is -3.72. The third kappa shape index (κ3) is 5.38. The van der Waals surface area contributed by atoms with Crippen LogP contribution in [0.2, 0.25) is 0 Å². The van der Waals surface area contributed by atoms with Crippen LogP contribution in [0.4, 0.5) is 0 Å². The van der Waals surface area contributed by atoms with Crippen molar-refractivity contribution < 1.29 is 19.0 Å². The Labute approximate surface area is 191 Å². The molecule has 0 aliphatic carbocycles. The summed E-state index contributed by atoms with van der Waals surface area (Å²) < 4.78 is 10.1. The van der Waals surface area contributed by atoms with E-state index in [2.05, 4.69) is 15.6 Å². The summed E-state index contributed by atoms with van der Waals surface area (Å²) in [5.74, 6) is 0.566. The van der Waals surface area contributed by atoms with Crippen LogP contribution in [0, 0.1) is 0 Å². The molecule has 4 rings (SSSR count). The van der Waals surface area contributed by atoms with E-state index in [1.807, 2.05) is 59.5 Å². The second kappa shape index (κ2) is 10.3. The molecule has 2 aromatic carbocycles. The van der Waals surface area contributed by atoms with E-state index < -0.39 is 6.04 Å². The Kier molecular flexibility index (Phi) is 6.99. The summed E-state index contributed by atoms with van der Waals surface area (Å²) in [6, 6.07) is 12.8. The lowest BCUT2D eigenvalue weighted by Gasteiger charge is -2.34. The third-order valence-electron chi connectivity index (χ3n) is 5.75. The van der Waals surface area contributed by atoms with Gasteiger partial charge in [0.2, 0.25) is 11.8 Å². The molecule has 0 saturated carbocycles. The molecule has 3 aromatic rings. The molecule has 1 saturated heterocycles. The lowest BCUT2D eigenvalue weighted by Crippen LogP contribution is -2.56. The predicted octanol–water partition coefficient (Wildman–Crippen LogP) is 2.09. The van der Waals surface area contributed by atoms with Crippen LogP contribution in [0.3, 0.4) is 0 Å². The third-order valence-corrected chi connectivity index (χ3v) is 5.75.